The highest BCUT2D eigenvalue weighted by Crippen LogP contribution is 2.10. The number of sulfonamides is 1. The third-order valence-corrected chi connectivity index (χ3v) is 4.40. The van der Waals surface area contributed by atoms with Gasteiger partial charge < -0.3 is 5.32 Å². The molecule has 1 N–H and O–H groups in total. The van der Waals surface area contributed by atoms with Crippen molar-refractivity contribution in [3.8, 4) is 0 Å². The maximum atomic E-state index is 11.9. The van der Waals surface area contributed by atoms with Gasteiger partial charge in [-0.25, -0.2) is 8.42 Å². The normalized spacial score (nSPS) is 23.5. The van der Waals surface area contributed by atoms with E-state index in [4.69, 9.17) is 0 Å². The molecule has 1 rings (SSSR count). The first-order valence-electron chi connectivity index (χ1n) is 4.84. The van der Waals surface area contributed by atoms with Crippen molar-refractivity contribution >= 4 is 22.4 Å². The zero-order chi connectivity index (χ0) is 10.6. The predicted molar refractivity (Wildman–Crippen MR) is 60.7 cm³/mol. The second-order valence-electron chi connectivity index (χ2n) is 3.52. The van der Waals surface area contributed by atoms with E-state index in [2.05, 4.69) is 5.32 Å². The highest BCUT2D eigenvalue weighted by Gasteiger charge is 2.28. The molecule has 0 amide bonds. The van der Waals surface area contributed by atoms with Gasteiger partial charge in [0.15, 0.2) is 0 Å². The van der Waals surface area contributed by atoms with Gasteiger partial charge >= 0.3 is 0 Å². The van der Waals surface area contributed by atoms with Crippen molar-refractivity contribution in [3.05, 3.63) is 0 Å². The lowest BCUT2D eigenvalue weighted by molar-refractivity contribution is 0.283. The van der Waals surface area contributed by atoms with Crippen molar-refractivity contribution in [2.24, 2.45) is 0 Å². The van der Waals surface area contributed by atoms with Gasteiger partial charge in [-0.15, -0.1) is 12.4 Å². The molecule has 92 valence electrons. The fourth-order valence-electron chi connectivity index (χ4n) is 1.59. The van der Waals surface area contributed by atoms with Gasteiger partial charge in [0.05, 0.1) is 12.4 Å². The van der Waals surface area contributed by atoms with Crippen LogP contribution in [0.5, 0.6) is 0 Å². The van der Waals surface area contributed by atoms with Crippen molar-refractivity contribution in [1.29, 1.82) is 0 Å². The molecule has 1 aliphatic rings. The molecule has 0 bridgehead atoms. The number of piperazine rings is 1. The van der Waals surface area contributed by atoms with Crippen LogP contribution in [0.15, 0.2) is 0 Å². The summed E-state index contributed by atoms with van der Waals surface area (Å²) in [7, 11) is -3.24. The summed E-state index contributed by atoms with van der Waals surface area (Å²) in [5, 5.41) is 3.11. The van der Waals surface area contributed by atoms with Crippen molar-refractivity contribution in [3.63, 3.8) is 0 Å². The van der Waals surface area contributed by atoms with Crippen LogP contribution in [-0.2, 0) is 10.0 Å². The van der Waals surface area contributed by atoms with Crippen LogP contribution in [0, 0.1) is 0 Å². The smallest absolute Gasteiger partial charge is 0.214 e. The maximum Gasteiger partial charge on any atom is 0.214 e. The largest absolute Gasteiger partial charge is 0.314 e. The first-order valence-corrected chi connectivity index (χ1v) is 6.45. The molecule has 7 heteroatoms. The molecule has 15 heavy (non-hydrogen) atoms. The van der Waals surface area contributed by atoms with Crippen LogP contribution in [-0.4, -0.2) is 50.8 Å². The minimum atomic E-state index is -3.24. The number of nitrogens with zero attached hydrogens (tertiary/aromatic N) is 1. The first-order chi connectivity index (χ1) is 6.58. The Morgan fingerprint density at radius 2 is 2.20 bits per heavy atom. The Morgan fingerprint density at radius 1 is 1.53 bits per heavy atom. The Balaban J connectivity index is 0.00000196. The van der Waals surface area contributed by atoms with Crippen LogP contribution < -0.4 is 5.32 Å². The van der Waals surface area contributed by atoms with Crippen LogP contribution in [0.25, 0.3) is 0 Å². The Labute approximate surface area is 96.7 Å². The van der Waals surface area contributed by atoms with Crippen LogP contribution in [0.1, 0.15) is 13.3 Å². The lowest BCUT2D eigenvalue weighted by Crippen LogP contribution is -2.52. The van der Waals surface area contributed by atoms with Gasteiger partial charge in [-0.2, -0.15) is 4.31 Å². The molecule has 1 fully saturated rings. The van der Waals surface area contributed by atoms with E-state index >= 15 is 0 Å². The first kappa shape index (κ1) is 15.1. The molecule has 1 atom stereocenters. The van der Waals surface area contributed by atoms with Crippen LogP contribution in [0.3, 0.4) is 0 Å². The van der Waals surface area contributed by atoms with E-state index < -0.39 is 16.7 Å². The maximum absolute atomic E-state index is 11.9. The van der Waals surface area contributed by atoms with Crippen molar-refractivity contribution in [2.45, 2.75) is 19.4 Å². The van der Waals surface area contributed by atoms with Crippen molar-refractivity contribution in [2.75, 3.05) is 32.1 Å². The quantitative estimate of drug-likeness (QED) is 0.796. The number of nitrogens with one attached hydrogen (secondary N) is 1. The summed E-state index contributed by atoms with van der Waals surface area (Å²) in [6, 6.07) is -0.0200. The molecule has 0 aromatic rings. The summed E-state index contributed by atoms with van der Waals surface area (Å²) < 4.78 is 36.7. The predicted octanol–water partition coefficient (Wildman–Crippen LogP) is 0.391. The van der Waals surface area contributed by atoms with E-state index in [9.17, 15) is 12.8 Å². The summed E-state index contributed by atoms with van der Waals surface area (Å²) in [6.45, 7) is 3.14. The molecule has 0 aliphatic carbocycles. The van der Waals surface area contributed by atoms with Gasteiger partial charge in [0.2, 0.25) is 10.0 Å². The molecule has 1 unspecified atom stereocenters. The minimum absolute atomic E-state index is 0. The van der Waals surface area contributed by atoms with E-state index in [1.807, 2.05) is 6.92 Å². The average molecular weight is 261 g/mol. The lowest BCUT2D eigenvalue weighted by Gasteiger charge is -2.32. The Morgan fingerprint density at radius 3 is 2.73 bits per heavy atom. The van der Waals surface area contributed by atoms with Crippen molar-refractivity contribution in [1.82, 2.24) is 9.62 Å². The number of halogens is 2. The summed E-state index contributed by atoms with van der Waals surface area (Å²) in [5.41, 5.74) is 0. The van der Waals surface area contributed by atoms with Gasteiger partial charge in [0, 0.05) is 25.7 Å². The standard InChI is InChI=1S/C8H17FN2O2S.ClH/c1-8-7-10-4-5-11(8)14(12,13)6-2-3-9;/h8,10H,2-7H2,1H3;1H. The molecule has 0 aromatic carbocycles. The lowest BCUT2D eigenvalue weighted by atomic mass is 10.3. The number of rotatable bonds is 4. The van der Waals surface area contributed by atoms with E-state index in [1.54, 1.807) is 0 Å². The Hall–Kier alpha value is 0.0900. The monoisotopic (exact) mass is 260 g/mol. The van der Waals surface area contributed by atoms with Crippen LogP contribution in [0.2, 0.25) is 0 Å². The third kappa shape index (κ3) is 4.22. The van der Waals surface area contributed by atoms with Gasteiger partial charge in [0.1, 0.15) is 0 Å². The number of alkyl halides is 1. The fourth-order valence-corrected chi connectivity index (χ4v) is 3.29. The van der Waals surface area contributed by atoms with E-state index in [1.165, 1.54) is 4.31 Å². The molecule has 0 aromatic heterocycles. The summed E-state index contributed by atoms with van der Waals surface area (Å²) in [6.07, 6.45) is 0.0962. The SMILES string of the molecule is CC1CNCCN1S(=O)(=O)CCCF.Cl. The highest BCUT2D eigenvalue weighted by atomic mass is 35.5. The molecule has 1 saturated heterocycles. The second kappa shape index (κ2) is 6.62. The van der Waals surface area contributed by atoms with Gasteiger partial charge in [0.25, 0.3) is 0 Å². The number of hydrogen-bond acceptors (Lipinski definition) is 3. The molecule has 0 saturated carbocycles. The zero-order valence-corrected chi connectivity index (χ0v) is 10.4. The van der Waals surface area contributed by atoms with E-state index in [0.29, 0.717) is 19.6 Å². The third-order valence-electron chi connectivity index (χ3n) is 2.33. The number of hydrogen-bond donors (Lipinski definition) is 1. The van der Waals surface area contributed by atoms with Gasteiger partial charge in [-0.1, -0.05) is 0 Å². The summed E-state index contributed by atoms with van der Waals surface area (Å²) >= 11 is 0. The molecular weight excluding hydrogens is 243 g/mol. The average Bonchev–Trinajstić information content (AvgIpc) is 2.15. The second-order valence-corrected chi connectivity index (χ2v) is 5.56. The zero-order valence-electron chi connectivity index (χ0n) is 8.78. The van der Waals surface area contributed by atoms with E-state index in [0.717, 1.165) is 0 Å². The molecule has 0 spiro atoms. The highest BCUT2D eigenvalue weighted by molar-refractivity contribution is 7.89. The topological polar surface area (TPSA) is 49.4 Å². The Bertz CT molecular complexity index is 274. The molecule has 4 nitrogen and oxygen atoms in total. The minimum Gasteiger partial charge on any atom is -0.314 e. The fraction of sp³-hybridized carbons (Fsp3) is 1.00. The molecule has 1 heterocycles. The summed E-state index contributed by atoms with van der Waals surface area (Å²) in [4.78, 5) is 0. The molecular formula is C8H18ClFN2O2S. The van der Waals surface area contributed by atoms with Crippen molar-refractivity contribution < 1.29 is 12.8 Å². The molecule has 1 aliphatic heterocycles. The summed E-state index contributed by atoms with van der Waals surface area (Å²) in [5.74, 6) is -0.0756. The van der Waals surface area contributed by atoms with Crippen LogP contribution in [0.4, 0.5) is 4.39 Å². The molecule has 0 radical (unpaired) electrons. The van der Waals surface area contributed by atoms with Gasteiger partial charge in [-0.05, 0) is 13.3 Å². The Kier molecular flexibility index (Phi) is 6.66. The van der Waals surface area contributed by atoms with Crippen LogP contribution >= 0.6 is 12.4 Å². The van der Waals surface area contributed by atoms with E-state index in [-0.39, 0.29) is 30.6 Å². The van der Waals surface area contributed by atoms with Gasteiger partial charge in [-0.3, -0.25) is 4.39 Å².